The van der Waals surface area contributed by atoms with Crippen molar-refractivity contribution < 1.29 is 13.2 Å². The van der Waals surface area contributed by atoms with Crippen LogP contribution in [-0.2, 0) is 6.18 Å². The second-order valence-electron chi connectivity index (χ2n) is 5.22. The quantitative estimate of drug-likeness (QED) is 0.851. The van der Waals surface area contributed by atoms with E-state index in [0.29, 0.717) is 17.5 Å². The van der Waals surface area contributed by atoms with Gasteiger partial charge in [0.1, 0.15) is 5.82 Å². The van der Waals surface area contributed by atoms with Crippen molar-refractivity contribution in [2.75, 3.05) is 23.8 Å². The molecule has 1 heterocycles. The molecule has 23 heavy (non-hydrogen) atoms. The molecule has 1 N–H and O–H groups in total. The topological polar surface area (TPSA) is 41.1 Å². The van der Waals surface area contributed by atoms with Crippen LogP contribution < -0.4 is 10.2 Å². The fraction of sp³-hybridized carbons (Fsp3) is 0.375. The summed E-state index contributed by atoms with van der Waals surface area (Å²) < 4.78 is 38.2. The lowest BCUT2D eigenvalue weighted by Crippen LogP contribution is -2.21. The first kappa shape index (κ1) is 17.1. The largest absolute Gasteiger partial charge is 0.416 e. The summed E-state index contributed by atoms with van der Waals surface area (Å²) in [5, 5.41) is 2.89. The van der Waals surface area contributed by atoms with Crippen LogP contribution in [0.3, 0.4) is 0 Å². The normalized spacial score (nSPS) is 11.3. The van der Waals surface area contributed by atoms with E-state index in [-0.39, 0.29) is 0 Å². The number of aromatic nitrogens is 2. The summed E-state index contributed by atoms with van der Waals surface area (Å²) >= 11 is 0. The van der Waals surface area contributed by atoms with E-state index in [0.717, 1.165) is 31.5 Å². The SMILES string of the molecule is CCCCN(C)c1nccc(Nc2cccc(C(F)(F)F)c2)n1. The molecule has 0 bridgehead atoms. The molecule has 0 radical (unpaired) electrons. The summed E-state index contributed by atoms with van der Waals surface area (Å²) in [6.07, 6.45) is -0.701. The molecule has 0 aliphatic carbocycles. The van der Waals surface area contributed by atoms with Crippen LogP contribution in [0.2, 0.25) is 0 Å². The van der Waals surface area contributed by atoms with Gasteiger partial charge in [-0.05, 0) is 30.7 Å². The van der Waals surface area contributed by atoms with E-state index >= 15 is 0 Å². The van der Waals surface area contributed by atoms with Gasteiger partial charge in [0.2, 0.25) is 5.95 Å². The van der Waals surface area contributed by atoms with Gasteiger partial charge in [-0.1, -0.05) is 19.4 Å². The van der Waals surface area contributed by atoms with Gasteiger partial charge >= 0.3 is 6.18 Å². The lowest BCUT2D eigenvalue weighted by atomic mass is 10.2. The number of alkyl halides is 3. The van der Waals surface area contributed by atoms with Crippen molar-refractivity contribution in [1.29, 1.82) is 0 Å². The Bertz CT molecular complexity index is 643. The summed E-state index contributed by atoms with van der Waals surface area (Å²) in [5.41, 5.74) is -0.363. The van der Waals surface area contributed by atoms with E-state index in [1.54, 1.807) is 18.3 Å². The number of nitrogens with one attached hydrogen (secondary N) is 1. The minimum atomic E-state index is -4.37. The van der Waals surface area contributed by atoms with Gasteiger partial charge in [0.05, 0.1) is 5.56 Å². The number of nitrogens with zero attached hydrogens (tertiary/aromatic N) is 3. The maximum absolute atomic E-state index is 12.7. The van der Waals surface area contributed by atoms with Crippen LogP contribution >= 0.6 is 0 Å². The third-order valence-corrected chi connectivity index (χ3v) is 3.29. The van der Waals surface area contributed by atoms with E-state index in [4.69, 9.17) is 0 Å². The molecule has 0 saturated carbocycles. The molecule has 0 spiro atoms. The van der Waals surface area contributed by atoms with Gasteiger partial charge in [-0.3, -0.25) is 0 Å². The Hall–Kier alpha value is -2.31. The molecule has 0 atom stereocenters. The molecule has 4 nitrogen and oxygen atoms in total. The Balaban J connectivity index is 2.14. The van der Waals surface area contributed by atoms with Crippen molar-refractivity contribution in [2.24, 2.45) is 0 Å². The summed E-state index contributed by atoms with van der Waals surface area (Å²) in [7, 11) is 1.89. The summed E-state index contributed by atoms with van der Waals surface area (Å²) in [5.74, 6) is 0.994. The van der Waals surface area contributed by atoms with Gasteiger partial charge in [0, 0.05) is 25.5 Å². The minimum absolute atomic E-state index is 0.334. The second-order valence-corrected chi connectivity index (χ2v) is 5.22. The van der Waals surface area contributed by atoms with Crippen molar-refractivity contribution in [3.05, 3.63) is 42.1 Å². The first-order valence-electron chi connectivity index (χ1n) is 7.38. The Kier molecular flexibility index (Phi) is 5.41. The molecule has 1 aromatic carbocycles. The molecule has 0 fully saturated rings. The van der Waals surface area contributed by atoms with Crippen molar-refractivity contribution in [1.82, 2.24) is 9.97 Å². The zero-order valence-electron chi connectivity index (χ0n) is 13.1. The van der Waals surface area contributed by atoms with E-state index < -0.39 is 11.7 Å². The Labute approximate surface area is 133 Å². The molecule has 0 aliphatic heterocycles. The number of rotatable bonds is 6. The number of benzene rings is 1. The smallest absolute Gasteiger partial charge is 0.344 e. The highest BCUT2D eigenvalue weighted by Crippen LogP contribution is 2.31. The highest BCUT2D eigenvalue weighted by Gasteiger charge is 2.30. The predicted octanol–water partition coefficient (Wildman–Crippen LogP) is 4.48. The molecule has 2 rings (SSSR count). The monoisotopic (exact) mass is 324 g/mol. The molecule has 7 heteroatoms. The number of unbranched alkanes of at least 4 members (excludes halogenated alkanes) is 1. The second kappa shape index (κ2) is 7.30. The standard InChI is InChI=1S/C16H19F3N4/c1-3-4-10-23(2)15-20-9-8-14(22-15)21-13-7-5-6-12(11-13)16(17,18)19/h5-9,11H,3-4,10H2,1-2H3,(H,20,21,22). The molecule has 124 valence electrons. The number of anilines is 3. The highest BCUT2D eigenvalue weighted by molar-refractivity contribution is 5.58. The number of halogens is 3. The molecule has 1 aromatic heterocycles. The number of hydrogen-bond acceptors (Lipinski definition) is 4. The number of hydrogen-bond donors (Lipinski definition) is 1. The van der Waals surface area contributed by atoms with Gasteiger partial charge in [0.25, 0.3) is 0 Å². The maximum atomic E-state index is 12.7. The summed E-state index contributed by atoms with van der Waals surface area (Å²) in [4.78, 5) is 10.4. The fourth-order valence-electron chi connectivity index (χ4n) is 2.02. The average Bonchev–Trinajstić information content (AvgIpc) is 2.52. The summed E-state index contributed by atoms with van der Waals surface area (Å²) in [6, 6.07) is 6.65. The van der Waals surface area contributed by atoms with Crippen molar-refractivity contribution in [3.63, 3.8) is 0 Å². The predicted molar refractivity (Wildman–Crippen MR) is 84.9 cm³/mol. The highest BCUT2D eigenvalue weighted by atomic mass is 19.4. The Morgan fingerprint density at radius 1 is 1.22 bits per heavy atom. The molecular formula is C16H19F3N4. The molecular weight excluding hydrogens is 305 g/mol. The van der Waals surface area contributed by atoms with Gasteiger partial charge in [-0.2, -0.15) is 18.2 Å². The Morgan fingerprint density at radius 3 is 2.70 bits per heavy atom. The molecule has 0 saturated heterocycles. The van der Waals surface area contributed by atoms with Crippen LogP contribution in [0.4, 0.5) is 30.6 Å². The third kappa shape index (κ3) is 4.84. The van der Waals surface area contributed by atoms with E-state index in [9.17, 15) is 13.2 Å². The molecule has 0 amide bonds. The van der Waals surface area contributed by atoms with Crippen LogP contribution in [0.1, 0.15) is 25.3 Å². The van der Waals surface area contributed by atoms with Gasteiger partial charge in [-0.25, -0.2) is 4.98 Å². The van der Waals surface area contributed by atoms with Gasteiger partial charge in [-0.15, -0.1) is 0 Å². The van der Waals surface area contributed by atoms with Crippen molar-refractivity contribution >= 4 is 17.5 Å². The van der Waals surface area contributed by atoms with Gasteiger partial charge in [0.15, 0.2) is 0 Å². The lowest BCUT2D eigenvalue weighted by Gasteiger charge is -2.17. The van der Waals surface area contributed by atoms with Crippen LogP contribution in [0.15, 0.2) is 36.5 Å². The minimum Gasteiger partial charge on any atom is -0.344 e. The molecule has 2 aromatic rings. The zero-order valence-corrected chi connectivity index (χ0v) is 13.1. The third-order valence-electron chi connectivity index (χ3n) is 3.29. The van der Waals surface area contributed by atoms with Crippen molar-refractivity contribution in [3.8, 4) is 0 Å². The molecule has 0 unspecified atom stereocenters. The van der Waals surface area contributed by atoms with Crippen LogP contribution in [-0.4, -0.2) is 23.6 Å². The Morgan fingerprint density at radius 2 is 2.00 bits per heavy atom. The van der Waals surface area contributed by atoms with E-state index in [1.807, 2.05) is 11.9 Å². The van der Waals surface area contributed by atoms with Crippen LogP contribution in [0.5, 0.6) is 0 Å². The fourth-order valence-corrected chi connectivity index (χ4v) is 2.02. The van der Waals surface area contributed by atoms with E-state index in [2.05, 4.69) is 22.2 Å². The first-order chi connectivity index (χ1) is 10.9. The zero-order chi connectivity index (χ0) is 16.9. The first-order valence-corrected chi connectivity index (χ1v) is 7.38. The van der Waals surface area contributed by atoms with Crippen LogP contribution in [0, 0.1) is 0 Å². The molecule has 0 aliphatic rings. The van der Waals surface area contributed by atoms with Crippen LogP contribution in [0.25, 0.3) is 0 Å². The average molecular weight is 324 g/mol. The van der Waals surface area contributed by atoms with Crippen molar-refractivity contribution in [2.45, 2.75) is 25.9 Å². The lowest BCUT2D eigenvalue weighted by molar-refractivity contribution is -0.137. The van der Waals surface area contributed by atoms with E-state index in [1.165, 1.54) is 6.07 Å². The summed E-state index contributed by atoms with van der Waals surface area (Å²) in [6.45, 7) is 2.92. The maximum Gasteiger partial charge on any atom is 0.416 e. The van der Waals surface area contributed by atoms with Gasteiger partial charge < -0.3 is 10.2 Å².